The van der Waals surface area contributed by atoms with Crippen LogP contribution in [0.4, 0.5) is 0 Å². The van der Waals surface area contributed by atoms with Crippen LogP contribution in [0, 0.1) is 0 Å². The van der Waals surface area contributed by atoms with Crippen molar-refractivity contribution in [2.24, 2.45) is 0 Å². The first kappa shape index (κ1) is 23.5. The minimum atomic E-state index is 0.755. The van der Waals surface area contributed by atoms with E-state index in [-0.39, 0.29) is 0 Å². The van der Waals surface area contributed by atoms with Gasteiger partial charge in [-0.05, 0) is 69.0 Å². The van der Waals surface area contributed by atoms with E-state index in [1.54, 1.807) is 0 Å². The molecule has 0 saturated heterocycles. The number of hydrogen-bond donors (Lipinski definition) is 0. The van der Waals surface area contributed by atoms with Crippen LogP contribution >= 0.6 is 31.9 Å². The first-order valence-corrected chi connectivity index (χ1v) is 12.4. The number of ether oxygens (including phenoxy) is 2. The molecule has 156 valence electrons. The van der Waals surface area contributed by atoms with Crippen LogP contribution in [0.2, 0.25) is 0 Å². The molecule has 0 heterocycles. The quantitative estimate of drug-likeness (QED) is 0.234. The third kappa shape index (κ3) is 7.26. The van der Waals surface area contributed by atoms with E-state index in [1.807, 2.05) is 0 Å². The Morgan fingerprint density at radius 3 is 1.36 bits per heavy atom. The maximum atomic E-state index is 6.18. The maximum Gasteiger partial charge on any atom is 0.141 e. The highest BCUT2D eigenvalue weighted by atomic mass is 79.9. The Balaban J connectivity index is 2.04. The van der Waals surface area contributed by atoms with Crippen molar-refractivity contribution in [3.63, 3.8) is 0 Å². The molecule has 2 aromatic carbocycles. The van der Waals surface area contributed by atoms with Gasteiger partial charge in [0.25, 0.3) is 0 Å². The van der Waals surface area contributed by atoms with Crippen molar-refractivity contribution < 1.29 is 9.47 Å². The second-order valence-electron chi connectivity index (χ2n) is 7.37. The predicted octanol–water partition coefficient (Wildman–Crippen LogP) is 9.06. The van der Waals surface area contributed by atoms with Crippen molar-refractivity contribution in [3.8, 4) is 11.5 Å². The number of unbranched alkanes of at least 4 members (excludes halogenated alkanes) is 8. The van der Waals surface area contributed by atoms with E-state index in [1.165, 1.54) is 51.4 Å². The first-order valence-electron chi connectivity index (χ1n) is 10.8. The Kier molecular flexibility index (Phi) is 11.3. The van der Waals surface area contributed by atoms with Crippen molar-refractivity contribution in [3.05, 3.63) is 33.2 Å². The fraction of sp³-hybridized carbons (Fsp3) is 0.583. The van der Waals surface area contributed by atoms with E-state index >= 15 is 0 Å². The molecule has 0 atom stereocenters. The molecule has 2 rings (SSSR count). The highest BCUT2D eigenvalue weighted by molar-refractivity contribution is 9.11. The van der Waals surface area contributed by atoms with Crippen molar-refractivity contribution >= 4 is 42.6 Å². The Labute approximate surface area is 187 Å². The Morgan fingerprint density at radius 2 is 0.964 bits per heavy atom. The SMILES string of the molecule is CCCCCCCOc1c(Br)ccc2c(OCCCCCCC)c(Br)ccc12. The summed E-state index contributed by atoms with van der Waals surface area (Å²) in [5.41, 5.74) is 0. The van der Waals surface area contributed by atoms with Crippen molar-refractivity contribution in [1.82, 2.24) is 0 Å². The van der Waals surface area contributed by atoms with Gasteiger partial charge in [0.1, 0.15) is 11.5 Å². The van der Waals surface area contributed by atoms with Gasteiger partial charge in [0, 0.05) is 10.8 Å². The van der Waals surface area contributed by atoms with Gasteiger partial charge >= 0.3 is 0 Å². The van der Waals surface area contributed by atoms with Crippen LogP contribution in [0.3, 0.4) is 0 Å². The van der Waals surface area contributed by atoms with Crippen LogP contribution in [0.15, 0.2) is 33.2 Å². The topological polar surface area (TPSA) is 18.5 Å². The van der Waals surface area contributed by atoms with Gasteiger partial charge in [-0.15, -0.1) is 0 Å². The maximum absolute atomic E-state index is 6.18. The van der Waals surface area contributed by atoms with Crippen molar-refractivity contribution in [1.29, 1.82) is 0 Å². The highest BCUT2D eigenvalue weighted by Crippen LogP contribution is 2.41. The fourth-order valence-electron chi connectivity index (χ4n) is 3.35. The molecule has 0 radical (unpaired) electrons. The average molecular weight is 514 g/mol. The molecule has 0 aliphatic carbocycles. The van der Waals surface area contributed by atoms with Gasteiger partial charge in [-0.2, -0.15) is 0 Å². The number of halogens is 2. The summed E-state index contributed by atoms with van der Waals surface area (Å²) >= 11 is 7.33. The summed E-state index contributed by atoms with van der Waals surface area (Å²) in [4.78, 5) is 0. The number of fused-ring (bicyclic) bond motifs is 1. The summed E-state index contributed by atoms with van der Waals surface area (Å²) in [6.45, 7) is 6.00. The van der Waals surface area contributed by atoms with Gasteiger partial charge in [0.2, 0.25) is 0 Å². The summed E-state index contributed by atoms with van der Waals surface area (Å²) in [6, 6.07) is 8.36. The summed E-state index contributed by atoms with van der Waals surface area (Å²) in [5.74, 6) is 1.85. The molecular formula is C24H34Br2O2. The van der Waals surface area contributed by atoms with Crippen LogP contribution < -0.4 is 9.47 Å². The normalized spacial score (nSPS) is 11.1. The number of benzene rings is 2. The van der Waals surface area contributed by atoms with Gasteiger partial charge in [0.15, 0.2) is 0 Å². The lowest BCUT2D eigenvalue weighted by atomic mass is 10.1. The van der Waals surface area contributed by atoms with E-state index in [4.69, 9.17) is 9.47 Å². The molecule has 2 nitrogen and oxygen atoms in total. The lowest BCUT2D eigenvalue weighted by molar-refractivity contribution is 0.303. The molecule has 0 fully saturated rings. The van der Waals surface area contributed by atoms with Gasteiger partial charge in [-0.3, -0.25) is 0 Å². The monoisotopic (exact) mass is 512 g/mol. The minimum Gasteiger partial charge on any atom is -0.492 e. The zero-order chi connectivity index (χ0) is 20.2. The van der Waals surface area contributed by atoms with Crippen LogP contribution in [-0.4, -0.2) is 13.2 Å². The number of hydrogen-bond acceptors (Lipinski definition) is 2. The molecule has 0 N–H and O–H groups in total. The lowest BCUT2D eigenvalue weighted by Gasteiger charge is -2.16. The van der Waals surface area contributed by atoms with Gasteiger partial charge < -0.3 is 9.47 Å². The van der Waals surface area contributed by atoms with E-state index in [0.717, 1.165) is 57.3 Å². The van der Waals surface area contributed by atoms with Gasteiger partial charge in [0.05, 0.1) is 22.2 Å². The molecule has 0 aromatic heterocycles. The third-order valence-corrected chi connectivity index (χ3v) is 6.24. The van der Waals surface area contributed by atoms with Crippen molar-refractivity contribution in [2.45, 2.75) is 78.1 Å². The molecular weight excluding hydrogens is 480 g/mol. The smallest absolute Gasteiger partial charge is 0.141 e. The molecule has 0 unspecified atom stereocenters. The molecule has 0 amide bonds. The van der Waals surface area contributed by atoms with Gasteiger partial charge in [-0.1, -0.05) is 65.2 Å². The molecule has 0 saturated carbocycles. The first-order chi connectivity index (χ1) is 13.7. The van der Waals surface area contributed by atoms with E-state index in [0.29, 0.717) is 0 Å². The Bertz CT molecular complexity index is 654. The molecule has 0 aliphatic heterocycles. The molecule has 0 spiro atoms. The summed E-state index contributed by atoms with van der Waals surface area (Å²) in [6.07, 6.45) is 12.4. The van der Waals surface area contributed by atoms with Crippen LogP contribution in [0.5, 0.6) is 11.5 Å². The van der Waals surface area contributed by atoms with Crippen LogP contribution in [0.25, 0.3) is 10.8 Å². The van der Waals surface area contributed by atoms with Crippen LogP contribution in [0.1, 0.15) is 78.1 Å². The molecule has 2 aromatic rings. The zero-order valence-corrected chi connectivity index (χ0v) is 20.5. The second-order valence-corrected chi connectivity index (χ2v) is 9.08. The van der Waals surface area contributed by atoms with E-state index in [2.05, 4.69) is 70.0 Å². The molecule has 0 aliphatic rings. The Hall–Kier alpha value is -0.740. The zero-order valence-electron chi connectivity index (χ0n) is 17.4. The standard InChI is InChI=1S/C24H34Br2O2/c1-3-5-7-9-11-17-27-23-19-13-16-22(26)24(20(19)14-15-21(23)25)28-18-12-10-8-6-4-2/h13-16H,3-12,17-18H2,1-2H3. The highest BCUT2D eigenvalue weighted by Gasteiger charge is 2.13. The fourth-order valence-corrected chi connectivity index (χ4v) is 4.27. The second kappa shape index (κ2) is 13.5. The van der Waals surface area contributed by atoms with E-state index in [9.17, 15) is 0 Å². The number of rotatable bonds is 14. The lowest BCUT2D eigenvalue weighted by Crippen LogP contribution is -2.01. The summed E-state index contributed by atoms with van der Waals surface area (Å²) in [5, 5.41) is 2.21. The predicted molar refractivity (Wildman–Crippen MR) is 128 cm³/mol. The van der Waals surface area contributed by atoms with Gasteiger partial charge in [-0.25, -0.2) is 0 Å². The summed E-state index contributed by atoms with van der Waals surface area (Å²) in [7, 11) is 0. The molecule has 4 heteroatoms. The van der Waals surface area contributed by atoms with Crippen LogP contribution in [-0.2, 0) is 0 Å². The Morgan fingerprint density at radius 1 is 0.571 bits per heavy atom. The molecule has 28 heavy (non-hydrogen) atoms. The summed E-state index contributed by atoms with van der Waals surface area (Å²) < 4.78 is 14.4. The van der Waals surface area contributed by atoms with E-state index < -0.39 is 0 Å². The molecule has 0 bridgehead atoms. The van der Waals surface area contributed by atoms with Crippen molar-refractivity contribution in [2.75, 3.05) is 13.2 Å². The average Bonchev–Trinajstić information content (AvgIpc) is 2.70. The minimum absolute atomic E-state index is 0.755. The largest absolute Gasteiger partial charge is 0.492 e. The third-order valence-electron chi connectivity index (χ3n) is 4.99.